The summed E-state index contributed by atoms with van der Waals surface area (Å²) in [5.74, 6) is 0. The highest BCUT2D eigenvalue weighted by atomic mass is 32.1. The predicted molar refractivity (Wildman–Crippen MR) is 101 cm³/mol. The Balaban J connectivity index is 1.58. The molecule has 5 heteroatoms. The Bertz CT molecular complexity index is 511. The van der Waals surface area contributed by atoms with Crippen molar-refractivity contribution in [1.82, 2.24) is 15.2 Å². The largest absolute Gasteiger partial charge is 0.381 e. The summed E-state index contributed by atoms with van der Waals surface area (Å²) >= 11 is 1.79. The van der Waals surface area contributed by atoms with Crippen molar-refractivity contribution < 1.29 is 4.74 Å². The summed E-state index contributed by atoms with van der Waals surface area (Å²) in [4.78, 5) is 7.56. The van der Waals surface area contributed by atoms with Gasteiger partial charge in [0, 0.05) is 42.6 Å². The van der Waals surface area contributed by atoms with Gasteiger partial charge < -0.3 is 10.1 Å². The van der Waals surface area contributed by atoms with Gasteiger partial charge in [0.15, 0.2) is 0 Å². The van der Waals surface area contributed by atoms with E-state index in [4.69, 9.17) is 9.72 Å². The molecule has 2 aliphatic rings. The van der Waals surface area contributed by atoms with Gasteiger partial charge >= 0.3 is 0 Å². The van der Waals surface area contributed by atoms with Crippen LogP contribution < -0.4 is 5.32 Å². The molecular formula is C19H33N3OS. The molecule has 0 amide bonds. The van der Waals surface area contributed by atoms with Crippen molar-refractivity contribution in [3.8, 4) is 0 Å². The quantitative estimate of drug-likeness (QED) is 0.880. The molecule has 2 fully saturated rings. The van der Waals surface area contributed by atoms with E-state index in [1.807, 2.05) is 0 Å². The molecule has 0 radical (unpaired) electrons. The lowest BCUT2D eigenvalue weighted by Gasteiger charge is -2.48. The minimum absolute atomic E-state index is 0.151. The lowest BCUT2D eigenvalue weighted by Crippen LogP contribution is -2.59. The van der Waals surface area contributed by atoms with Crippen molar-refractivity contribution in [2.45, 2.75) is 70.4 Å². The number of hydrogen-bond donors (Lipinski definition) is 1. The number of ether oxygens (including phenoxy) is 1. The summed E-state index contributed by atoms with van der Waals surface area (Å²) in [7, 11) is 0. The third kappa shape index (κ3) is 4.37. The van der Waals surface area contributed by atoms with E-state index in [-0.39, 0.29) is 5.41 Å². The second-order valence-electron chi connectivity index (χ2n) is 8.38. The van der Waals surface area contributed by atoms with Crippen LogP contribution in [0.15, 0.2) is 5.38 Å². The lowest BCUT2D eigenvalue weighted by atomic mass is 9.86. The maximum Gasteiger partial charge on any atom is 0.0982 e. The summed E-state index contributed by atoms with van der Waals surface area (Å²) in [6.07, 6.45) is 6.41. The molecular weight excluding hydrogens is 318 g/mol. The SMILES string of the molecule is CC(C)(C)c1nc(CNCC2(N3CCCCC3)CCOCC2)cs1. The lowest BCUT2D eigenvalue weighted by molar-refractivity contribution is -0.0358. The van der Waals surface area contributed by atoms with Crippen molar-refractivity contribution in [2.75, 3.05) is 32.8 Å². The molecule has 0 spiro atoms. The average molecular weight is 352 g/mol. The van der Waals surface area contributed by atoms with Crippen molar-refractivity contribution >= 4 is 11.3 Å². The van der Waals surface area contributed by atoms with Crippen LogP contribution in [0.5, 0.6) is 0 Å². The van der Waals surface area contributed by atoms with E-state index >= 15 is 0 Å². The first-order valence-electron chi connectivity index (χ1n) is 9.48. The molecule has 3 rings (SSSR count). The van der Waals surface area contributed by atoms with Crippen LogP contribution >= 0.6 is 11.3 Å². The van der Waals surface area contributed by atoms with Gasteiger partial charge in [-0.25, -0.2) is 4.98 Å². The number of thiazole rings is 1. The summed E-state index contributed by atoms with van der Waals surface area (Å²) in [6, 6.07) is 0. The molecule has 0 unspecified atom stereocenters. The molecule has 0 aliphatic carbocycles. The zero-order chi connectivity index (χ0) is 17.0. The Labute approximate surface area is 151 Å². The van der Waals surface area contributed by atoms with Gasteiger partial charge in [0.05, 0.1) is 10.7 Å². The van der Waals surface area contributed by atoms with Crippen LogP contribution in [0.4, 0.5) is 0 Å². The Morgan fingerprint density at radius 1 is 1.21 bits per heavy atom. The number of aromatic nitrogens is 1. The molecule has 0 saturated carbocycles. The van der Waals surface area contributed by atoms with E-state index in [0.29, 0.717) is 5.54 Å². The van der Waals surface area contributed by atoms with Crippen molar-refractivity contribution in [2.24, 2.45) is 0 Å². The molecule has 1 aromatic heterocycles. The summed E-state index contributed by atoms with van der Waals surface area (Å²) in [5.41, 5.74) is 1.63. The fourth-order valence-electron chi connectivity index (χ4n) is 3.88. The molecule has 136 valence electrons. The van der Waals surface area contributed by atoms with Crippen LogP contribution in [-0.2, 0) is 16.7 Å². The van der Waals surface area contributed by atoms with E-state index < -0.39 is 0 Å². The number of piperidine rings is 1. The third-order valence-corrected chi connectivity index (χ3v) is 6.72. The Morgan fingerprint density at radius 3 is 2.54 bits per heavy atom. The fraction of sp³-hybridized carbons (Fsp3) is 0.842. The molecule has 1 N–H and O–H groups in total. The molecule has 24 heavy (non-hydrogen) atoms. The molecule has 4 nitrogen and oxygen atoms in total. The van der Waals surface area contributed by atoms with E-state index in [9.17, 15) is 0 Å². The smallest absolute Gasteiger partial charge is 0.0982 e. The van der Waals surface area contributed by atoms with Crippen LogP contribution in [0.1, 0.15) is 63.6 Å². The number of nitrogens with zero attached hydrogens (tertiary/aromatic N) is 2. The summed E-state index contributed by atoms with van der Waals surface area (Å²) < 4.78 is 5.66. The Morgan fingerprint density at radius 2 is 1.92 bits per heavy atom. The minimum Gasteiger partial charge on any atom is -0.381 e. The monoisotopic (exact) mass is 351 g/mol. The zero-order valence-electron chi connectivity index (χ0n) is 15.6. The molecule has 1 aromatic rings. The van der Waals surface area contributed by atoms with Gasteiger partial charge in [-0.1, -0.05) is 27.2 Å². The van der Waals surface area contributed by atoms with Crippen LogP contribution in [0.25, 0.3) is 0 Å². The number of hydrogen-bond acceptors (Lipinski definition) is 5. The highest BCUT2D eigenvalue weighted by Gasteiger charge is 2.38. The van der Waals surface area contributed by atoms with Crippen molar-refractivity contribution in [3.63, 3.8) is 0 Å². The van der Waals surface area contributed by atoms with Crippen LogP contribution in [0.3, 0.4) is 0 Å². The third-order valence-electron chi connectivity index (χ3n) is 5.40. The van der Waals surface area contributed by atoms with E-state index in [2.05, 4.69) is 36.4 Å². The van der Waals surface area contributed by atoms with Crippen LogP contribution in [-0.4, -0.2) is 48.3 Å². The van der Waals surface area contributed by atoms with Gasteiger partial charge in [-0.2, -0.15) is 0 Å². The first kappa shape index (κ1) is 18.3. The topological polar surface area (TPSA) is 37.4 Å². The maximum absolute atomic E-state index is 5.66. The molecule has 2 saturated heterocycles. The standard InChI is InChI=1S/C19H33N3OS/c1-18(2,3)17-21-16(14-24-17)13-20-15-19(7-11-23-12-8-19)22-9-5-4-6-10-22/h14,20H,4-13,15H2,1-3H3. The summed E-state index contributed by atoms with van der Waals surface area (Å²) in [6.45, 7) is 13.0. The van der Waals surface area contributed by atoms with E-state index in [0.717, 1.165) is 39.1 Å². The molecule has 0 aromatic carbocycles. The normalized spacial score (nSPS) is 22.6. The molecule has 3 heterocycles. The van der Waals surface area contributed by atoms with Crippen molar-refractivity contribution in [1.29, 1.82) is 0 Å². The second kappa shape index (κ2) is 7.81. The number of likely N-dealkylation sites (tertiary alicyclic amines) is 1. The average Bonchev–Trinajstić information content (AvgIpc) is 3.06. The highest BCUT2D eigenvalue weighted by molar-refractivity contribution is 7.09. The first-order valence-corrected chi connectivity index (χ1v) is 10.4. The molecule has 0 bridgehead atoms. The Kier molecular flexibility index (Phi) is 5.96. The van der Waals surface area contributed by atoms with Gasteiger partial charge in [-0.3, -0.25) is 4.90 Å². The number of rotatable bonds is 5. The fourth-order valence-corrected chi connectivity index (χ4v) is 4.79. The maximum atomic E-state index is 5.66. The van der Waals surface area contributed by atoms with Crippen molar-refractivity contribution in [3.05, 3.63) is 16.1 Å². The van der Waals surface area contributed by atoms with E-state index in [1.165, 1.54) is 43.1 Å². The van der Waals surface area contributed by atoms with Gasteiger partial charge in [0.25, 0.3) is 0 Å². The highest BCUT2D eigenvalue weighted by Crippen LogP contribution is 2.30. The minimum atomic E-state index is 0.151. The predicted octanol–water partition coefficient (Wildman–Crippen LogP) is 3.57. The van der Waals surface area contributed by atoms with Gasteiger partial charge in [0.2, 0.25) is 0 Å². The van der Waals surface area contributed by atoms with E-state index in [1.54, 1.807) is 11.3 Å². The first-order chi connectivity index (χ1) is 11.5. The van der Waals surface area contributed by atoms with Crippen LogP contribution in [0, 0.1) is 0 Å². The Hall–Kier alpha value is -0.490. The van der Waals surface area contributed by atoms with Gasteiger partial charge in [0.1, 0.15) is 0 Å². The number of nitrogens with one attached hydrogen (secondary N) is 1. The molecule has 2 aliphatic heterocycles. The van der Waals surface area contributed by atoms with Gasteiger partial charge in [-0.15, -0.1) is 11.3 Å². The van der Waals surface area contributed by atoms with Gasteiger partial charge in [-0.05, 0) is 38.8 Å². The van der Waals surface area contributed by atoms with Crippen LogP contribution in [0.2, 0.25) is 0 Å². The molecule has 0 atom stereocenters. The summed E-state index contributed by atoms with van der Waals surface area (Å²) in [5, 5.41) is 7.17. The second-order valence-corrected chi connectivity index (χ2v) is 9.24. The zero-order valence-corrected chi connectivity index (χ0v) is 16.4.